The lowest BCUT2D eigenvalue weighted by Crippen LogP contribution is -2.28. The molecule has 1 aliphatic heterocycles. The number of aryl methyl sites for hydroxylation is 2. The van der Waals surface area contributed by atoms with Crippen LogP contribution in [0.5, 0.6) is 5.75 Å². The fourth-order valence-corrected chi connectivity index (χ4v) is 2.89. The van der Waals surface area contributed by atoms with Crippen molar-refractivity contribution in [3.8, 4) is 5.75 Å². The van der Waals surface area contributed by atoms with Gasteiger partial charge in [0, 0.05) is 25.8 Å². The van der Waals surface area contributed by atoms with E-state index in [0.29, 0.717) is 6.54 Å². The zero-order valence-electron chi connectivity index (χ0n) is 14.9. The molecule has 1 fully saturated rings. The normalized spacial score (nSPS) is 13.8. The fourth-order valence-electron chi connectivity index (χ4n) is 2.89. The van der Waals surface area contributed by atoms with Gasteiger partial charge < -0.3 is 15.0 Å². The van der Waals surface area contributed by atoms with Crippen LogP contribution in [-0.4, -0.2) is 30.6 Å². The summed E-state index contributed by atoms with van der Waals surface area (Å²) in [7, 11) is 0. The molecular formula is C20H25N3O2. The molecule has 2 aromatic rings. The third kappa shape index (κ3) is 4.72. The second-order valence-corrected chi connectivity index (χ2v) is 6.53. The lowest BCUT2D eigenvalue weighted by atomic mass is 10.1. The predicted octanol–water partition coefficient (Wildman–Crippen LogP) is 2.99. The number of benzene rings is 1. The van der Waals surface area contributed by atoms with Gasteiger partial charge in [-0.05, 0) is 67.6 Å². The van der Waals surface area contributed by atoms with E-state index in [4.69, 9.17) is 4.74 Å². The van der Waals surface area contributed by atoms with Crippen molar-refractivity contribution < 1.29 is 9.53 Å². The molecule has 0 bridgehead atoms. The number of aromatic nitrogens is 1. The van der Waals surface area contributed by atoms with E-state index in [1.165, 1.54) is 18.4 Å². The molecule has 0 radical (unpaired) electrons. The highest BCUT2D eigenvalue weighted by atomic mass is 16.5. The highest BCUT2D eigenvalue weighted by Crippen LogP contribution is 2.18. The van der Waals surface area contributed by atoms with Crippen LogP contribution in [0, 0.1) is 13.8 Å². The van der Waals surface area contributed by atoms with E-state index >= 15 is 0 Å². The first-order valence-corrected chi connectivity index (χ1v) is 8.78. The fraction of sp³-hybridized carbons (Fsp3) is 0.400. The number of nitrogens with zero attached hydrogens (tertiary/aromatic N) is 2. The Balaban J connectivity index is 1.48. The zero-order valence-corrected chi connectivity index (χ0v) is 14.9. The summed E-state index contributed by atoms with van der Waals surface area (Å²) in [5.41, 5.74) is 3.42. The minimum atomic E-state index is -0.127. The van der Waals surface area contributed by atoms with Gasteiger partial charge in [-0.15, -0.1) is 0 Å². The molecule has 0 saturated carbocycles. The number of amides is 1. The van der Waals surface area contributed by atoms with Crippen molar-refractivity contribution in [2.24, 2.45) is 0 Å². The molecule has 1 saturated heterocycles. The van der Waals surface area contributed by atoms with Crippen LogP contribution >= 0.6 is 0 Å². The Morgan fingerprint density at radius 3 is 2.72 bits per heavy atom. The van der Waals surface area contributed by atoms with Crippen molar-refractivity contribution in [1.29, 1.82) is 0 Å². The van der Waals surface area contributed by atoms with Crippen molar-refractivity contribution in [3.63, 3.8) is 0 Å². The molecule has 25 heavy (non-hydrogen) atoms. The molecule has 5 nitrogen and oxygen atoms in total. The van der Waals surface area contributed by atoms with E-state index in [1.807, 2.05) is 31.2 Å². The third-order valence-corrected chi connectivity index (χ3v) is 4.58. The Kier molecular flexibility index (Phi) is 5.53. The first kappa shape index (κ1) is 17.3. The Labute approximate surface area is 149 Å². The Morgan fingerprint density at radius 2 is 1.96 bits per heavy atom. The van der Waals surface area contributed by atoms with Gasteiger partial charge in [-0.25, -0.2) is 4.98 Å². The topological polar surface area (TPSA) is 54.5 Å². The van der Waals surface area contributed by atoms with Gasteiger partial charge in [-0.1, -0.05) is 6.07 Å². The van der Waals surface area contributed by atoms with Crippen molar-refractivity contribution in [3.05, 3.63) is 53.2 Å². The number of nitrogens with one attached hydrogen (secondary N) is 1. The molecule has 1 aromatic heterocycles. The van der Waals surface area contributed by atoms with E-state index in [9.17, 15) is 4.79 Å². The summed E-state index contributed by atoms with van der Waals surface area (Å²) in [6, 6.07) is 9.83. The molecular weight excluding hydrogens is 314 g/mol. The Bertz CT molecular complexity index is 739. The zero-order chi connectivity index (χ0) is 17.6. The second-order valence-electron chi connectivity index (χ2n) is 6.53. The van der Waals surface area contributed by atoms with E-state index in [1.54, 1.807) is 6.20 Å². The lowest BCUT2D eigenvalue weighted by Gasteiger charge is -2.17. The second kappa shape index (κ2) is 8.01. The Hall–Kier alpha value is -2.56. The predicted molar refractivity (Wildman–Crippen MR) is 98.9 cm³/mol. The number of carbonyl (C=O) groups excluding carboxylic acids is 1. The molecule has 1 aliphatic rings. The molecule has 5 heteroatoms. The smallest absolute Gasteiger partial charge is 0.258 e. The van der Waals surface area contributed by atoms with Crippen LogP contribution in [-0.2, 0) is 11.3 Å². The minimum Gasteiger partial charge on any atom is -0.484 e. The summed E-state index contributed by atoms with van der Waals surface area (Å²) < 4.78 is 5.56. The van der Waals surface area contributed by atoms with Crippen LogP contribution in [0.4, 0.5) is 5.82 Å². The molecule has 0 unspecified atom stereocenters. The Morgan fingerprint density at radius 1 is 1.16 bits per heavy atom. The summed E-state index contributed by atoms with van der Waals surface area (Å²) in [4.78, 5) is 18.7. The number of pyridine rings is 1. The SMILES string of the molecule is Cc1ccc(OCC(=O)NCc2ccnc(N3CCCC3)c2)cc1C. The molecule has 1 amide bonds. The summed E-state index contributed by atoms with van der Waals surface area (Å²) in [5, 5.41) is 2.90. The average Bonchev–Trinajstić information content (AvgIpc) is 3.16. The molecule has 3 rings (SSSR count). The largest absolute Gasteiger partial charge is 0.484 e. The maximum atomic E-state index is 12.0. The van der Waals surface area contributed by atoms with Gasteiger partial charge in [0.1, 0.15) is 11.6 Å². The van der Waals surface area contributed by atoms with Gasteiger partial charge in [-0.2, -0.15) is 0 Å². The van der Waals surface area contributed by atoms with Crippen LogP contribution in [0.25, 0.3) is 0 Å². The van der Waals surface area contributed by atoms with Gasteiger partial charge >= 0.3 is 0 Å². The number of ether oxygens (including phenoxy) is 1. The monoisotopic (exact) mass is 339 g/mol. The van der Waals surface area contributed by atoms with Gasteiger partial charge in [0.25, 0.3) is 5.91 Å². The van der Waals surface area contributed by atoms with Crippen molar-refractivity contribution in [2.45, 2.75) is 33.2 Å². The first-order valence-electron chi connectivity index (χ1n) is 8.78. The molecule has 1 N–H and O–H groups in total. The van der Waals surface area contributed by atoms with Gasteiger partial charge in [0.05, 0.1) is 0 Å². The molecule has 0 atom stereocenters. The summed E-state index contributed by atoms with van der Waals surface area (Å²) in [6.45, 7) is 6.71. The third-order valence-electron chi connectivity index (χ3n) is 4.58. The van der Waals surface area contributed by atoms with Crippen molar-refractivity contribution in [1.82, 2.24) is 10.3 Å². The standard InChI is InChI=1S/C20H25N3O2/c1-15-5-6-18(11-16(15)2)25-14-20(24)22-13-17-7-8-21-19(12-17)23-9-3-4-10-23/h5-8,11-12H,3-4,9-10,13-14H2,1-2H3,(H,22,24). The summed E-state index contributed by atoms with van der Waals surface area (Å²) in [5.74, 6) is 1.59. The molecule has 1 aromatic carbocycles. The molecule has 132 valence electrons. The first-order chi connectivity index (χ1) is 12.1. The number of hydrogen-bond donors (Lipinski definition) is 1. The summed E-state index contributed by atoms with van der Waals surface area (Å²) in [6.07, 6.45) is 4.25. The van der Waals surface area contributed by atoms with Crippen molar-refractivity contribution >= 4 is 11.7 Å². The minimum absolute atomic E-state index is 0.0204. The van der Waals surface area contributed by atoms with E-state index in [2.05, 4.69) is 28.2 Å². The number of carbonyl (C=O) groups is 1. The molecule has 2 heterocycles. The van der Waals surface area contributed by atoms with Crippen LogP contribution in [0.3, 0.4) is 0 Å². The molecule has 0 aliphatic carbocycles. The van der Waals surface area contributed by atoms with Crippen LogP contribution < -0.4 is 15.0 Å². The number of rotatable bonds is 6. The maximum Gasteiger partial charge on any atom is 0.258 e. The van der Waals surface area contributed by atoms with Crippen LogP contribution in [0.15, 0.2) is 36.5 Å². The summed E-state index contributed by atoms with van der Waals surface area (Å²) >= 11 is 0. The van der Waals surface area contributed by atoms with E-state index in [0.717, 1.165) is 35.8 Å². The highest BCUT2D eigenvalue weighted by Gasteiger charge is 2.13. The maximum absolute atomic E-state index is 12.0. The number of anilines is 1. The van der Waals surface area contributed by atoms with E-state index < -0.39 is 0 Å². The van der Waals surface area contributed by atoms with Crippen molar-refractivity contribution in [2.75, 3.05) is 24.6 Å². The quantitative estimate of drug-likeness (QED) is 0.879. The molecule has 0 spiro atoms. The van der Waals surface area contributed by atoms with Gasteiger partial charge in [0.2, 0.25) is 0 Å². The van der Waals surface area contributed by atoms with Crippen LogP contribution in [0.1, 0.15) is 29.5 Å². The highest BCUT2D eigenvalue weighted by molar-refractivity contribution is 5.77. The van der Waals surface area contributed by atoms with E-state index in [-0.39, 0.29) is 12.5 Å². The average molecular weight is 339 g/mol. The lowest BCUT2D eigenvalue weighted by molar-refractivity contribution is -0.123. The van der Waals surface area contributed by atoms with Gasteiger partial charge in [0.15, 0.2) is 6.61 Å². The van der Waals surface area contributed by atoms with Gasteiger partial charge in [-0.3, -0.25) is 4.79 Å². The van der Waals surface area contributed by atoms with Crippen LogP contribution in [0.2, 0.25) is 0 Å². The number of hydrogen-bond acceptors (Lipinski definition) is 4.